The Morgan fingerprint density at radius 3 is 2.68 bits per heavy atom. The summed E-state index contributed by atoms with van der Waals surface area (Å²) in [5.74, 6) is 0.0559. The maximum atomic E-state index is 11.8. The Balaban J connectivity index is 1.66. The van der Waals surface area contributed by atoms with Crippen LogP contribution in [0.1, 0.15) is 29.8 Å². The number of hydrogen-bond acceptors (Lipinski definition) is 3. The van der Waals surface area contributed by atoms with Gasteiger partial charge in [0, 0.05) is 31.4 Å². The summed E-state index contributed by atoms with van der Waals surface area (Å²) in [5.41, 5.74) is 3.16. The third-order valence-corrected chi connectivity index (χ3v) is 4.64. The second-order valence-corrected chi connectivity index (χ2v) is 6.24. The monoisotopic (exact) mass is 367 g/mol. The van der Waals surface area contributed by atoms with Crippen LogP contribution in [-0.4, -0.2) is 32.0 Å². The topological polar surface area (TPSA) is 64.7 Å². The molecule has 22 heavy (non-hydrogen) atoms. The number of rotatable bonds is 7. The van der Waals surface area contributed by atoms with E-state index in [4.69, 9.17) is 0 Å². The van der Waals surface area contributed by atoms with Gasteiger partial charge in [-0.25, -0.2) is 0 Å². The fraction of sp³-hybridized carbons (Fsp3) is 0.533. The number of nitrogens with one attached hydrogen (secondary N) is 1. The Kier molecular flexibility index (Phi) is 5.76. The molecule has 2 heterocycles. The zero-order valence-electron chi connectivity index (χ0n) is 13.3. The van der Waals surface area contributed by atoms with Crippen LogP contribution in [0, 0.1) is 20.8 Å². The van der Waals surface area contributed by atoms with E-state index < -0.39 is 0 Å². The molecule has 2 aromatic heterocycles. The Morgan fingerprint density at radius 2 is 2.09 bits per heavy atom. The first-order chi connectivity index (χ1) is 10.5. The molecule has 2 aromatic rings. The van der Waals surface area contributed by atoms with Crippen LogP contribution < -0.4 is 5.32 Å². The average Bonchev–Trinajstić information content (AvgIpc) is 3.00. The Labute approximate surface area is 139 Å². The van der Waals surface area contributed by atoms with E-state index in [0.29, 0.717) is 19.5 Å². The molecule has 0 saturated carbocycles. The van der Waals surface area contributed by atoms with E-state index >= 15 is 0 Å². The number of carbonyl (C=O) groups is 1. The van der Waals surface area contributed by atoms with Crippen LogP contribution in [0.5, 0.6) is 0 Å². The number of hydrogen-bond donors (Lipinski definition) is 1. The number of nitrogens with zero attached hydrogens (tertiary/aromatic N) is 4. The van der Waals surface area contributed by atoms with Gasteiger partial charge in [0.25, 0.3) is 0 Å². The molecule has 120 valence electrons. The van der Waals surface area contributed by atoms with Crippen LogP contribution in [0.3, 0.4) is 0 Å². The van der Waals surface area contributed by atoms with Crippen molar-refractivity contribution >= 4 is 21.8 Å². The van der Waals surface area contributed by atoms with Crippen molar-refractivity contribution < 1.29 is 4.79 Å². The molecule has 0 saturated heterocycles. The van der Waals surface area contributed by atoms with Crippen LogP contribution in [0.4, 0.5) is 0 Å². The molecule has 1 amide bonds. The van der Waals surface area contributed by atoms with Crippen molar-refractivity contribution in [3.05, 3.63) is 33.8 Å². The first-order valence-electron chi connectivity index (χ1n) is 7.42. The summed E-state index contributed by atoms with van der Waals surface area (Å²) in [4.78, 5) is 11.8. The minimum absolute atomic E-state index is 0.0559. The highest BCUT2D eigenvalue weighted by molar-refractivity contribution is 9.10. The highest BCUT2D eigenvalue weighted by Crippen LogP contribution is 2.19. The molecular formula is C15H22BrN5O. The van der Waals surface area contributed by atoms with Gasteiger partial charge in [-0.2, -0.15) is 10.2 Å². The first kappa shape index (κ1) is 16.7. The zero-order chi connectivity index (χ0) is 16.1. The molecule has 0 spiro atoms. The Morgan fingerprint density at radius 1 is 1.32 bits per heavy atom. The van der Waals surface area contributed by atoms with E-state index in [1.54, 1.807) is 0 Å². The van der Waals surface area contributed by atoms with E-state index in [1.807, 2.05) is 42.5 Å². The van der Waals surface area contributed by atoms with Gasteiger partial charge in [-0.1, -0.05) is 0 Å². The second kappa shape index (κ2) is 7.58. The van der Waals surface area contributed by atoms with Gasteiger partial charge in [-0.3, -0.25) is 14.2 Å². The molecule has 0 aliphatic carbocycles. The fourth-order valence-corrected chi connectivity index (χ4v) is 2.53. The maximum Gasteiger partial charge on any atom is 0.221 e. The summed E-state index contributed by atoms with van der Waals surface area (Å²) in [7, 11) is 0. The van der Waals surface area contributed by atoms with Crippen LogP contribution in [0.25, 0.3) is 0 Å². The normalized spacial score (nSPS) is 10.9. The van der Waals surface area contributed by atoms with Crippen molar-refractivity contribution in [2.75, 3.05) is 6.54 Å². The second-order valence-electron chi connectivity index (χ2n) is 5.44. The molecule has 0 aliphatic rings. The van der Waals surface area contributed by atoms with Gasteiger partial charge in [0.15, 0.2) is 0 Å². The molecule has 0 aliphatic heterocycles. The number of aryl methyl sites for hydroxylation is 4. The van der Waals surface area contributed by atoms with Crippen molar-refractivity contribution in [3.63, 3.8) is 0 Å². The summed E-state index contributed by atoms with van der Waals surface area (Å²) in [6.07, 6.45) is 5.15. The molecular weight excluding hydrogens is 346 g/mol. The first-order valence-corrected chi connectivity index (χ1v) is 8.22. The predicted octanol–water partition coefficient (Wildman–Crippen LogP) is 2.36. The lowest BCUT2D eigenvalue weighted by Crippen LogP contribution is -2.26. The molecule has 6 nitrogen and oxygen atoms in total. The zero-order valence-corrected chi connectivity index (χ0v) is 14.9. The molecule has 0 fully saturated rings. The van der Waals surface area contributed by atoms with Crippen molar-refractivity contribution in [3.8, 4) is 0 Å². The van der Waals surface area contributed by atoms with E-state index in [9.17, 15) is 4.79 Å². The maximum absolute atomic E-state index is 11.8. The lowest BCUT2D eigenvalue weighted by atomic mass is 10.3. The molecule has 7 heteroatoms. The quantitative estimate of drug-likeness (QED) is 0.764. The third-order valence-electron chi connectivity index (χ3n) is 3.49. The van der Waals surface area contributed by atoms with Gasteiger partial charge >= 0.3 is 0 Å². The minimum Gasteiger partial charge on any atom is -0.356 e. The van der Waals surface area contributed by atoms with Crippen LogP contribution in [0.2, 0.25) is 0 Å². The van der Waals surface area contributed by atoms with Crippen molar-refractivity contribution in [1.29, 1.82) is 0 Å². The number of carbonyl (C=O) groups excluding carboxylic acids is 1. The lowest BCUT2D eigenvalue weighted by Gasteiger charge is -2.07. The molecule has 0 radical (unpaired) electrons. The molecule has 2 rings (SSSR count). The fourth-order valence-electron chi connectivity index (χ4n) is 2.25. The SMILES string of the molecule is Cc1cnn(CCCNC(=O)CCn2nc(C)c(Br)c2C)c1. The van der Waals surface area contributed by atoms with Crippen LogP contribution in [-0.2, 0) is 17.9 Å². The smallest absolute Gasteiger partial charge is 0.221 e. The lowest BCUT2D eigenvalue weighted by molar-refractivity contribution is -0.121. The van der Waals surface area contributed by atoms with E-state index in [-0.39, 0.29) is 5.91 Å². The summed E-state index contributed by atoms with van der Waals surface area (Å²) in [6.45, 7) is 8.04. The average molecular weight is 368 g/mol. The van der Waals surface area contributed by atoms with E-state index in [2.05, 4.69) is 31.4 Å². The van der Waals surface area contributed by atoms with Crippen molar-refractivity contribution in [2.24, 2.45) is 0 Å². The Bertz CT molecular complexity index is 646. The molecule has 0 atom stereocenters. The van der Waals surface area contributed by atoms with Gasteiger partial charge in [-0.15, -0.1) is 0 Å². The highest BCUT2D eigenvalue weighted by Gasteiger charge is 2.09. The van der Waals surface area contributed by atoms with Gasteiger partial charge in [0.2, 0.25) is 5.91 Å². The predicted molar refractivity (Wildman–Crippen MR) is 88.6 cm³/mol. The summed E-state index contributed by atoms with van der Waals surface area (Å²) >= 11 is 3.49. The summed E-state index contributed by atoms with van der Waals surface area (Å²) in [6, 6.07) is 0. The standard InChI is InChI=1S/C15H22BrN5O/c1-11-9-18-20(10-11)7-4-6-17-14(22)5-8-21-13(3)15(16)12(2)19-21/h9-10H,4-8H2,1-3H3,(H,17,22). The van der Waals surface area contributed by atoms with E-state index in [0.717, 1.165) is 34.4 Å². The Hall–Kier alpha value is -1.63. The largest absolute Gasteiger partial charge is 0.356 e. The summed E-state index contributed by atoms with van der Waals surface area (Å²) < 4.78 is 4.78. The third kappa shape index (κ3) is 4.43. The number of halogens is 1. The van der Waals surface area contributed by atoms with Gasteiger partial charge in [-0.05, 0) is 48.7 Å². The minimum atomic E-state index is 0.0559. The van der Waals surface area contributed by atoms with Gasteiger partial charge < -0.3 is 5.32 Å². The summed E-state index contributed by atoms with van der Waals surface area (Å²) in [5, 5.41) is 11.6. The van der Waals surface area contributed by atoms with Crippen molar-refractivity contribution in [2.45, 2.75) is 46.7 Å². The molecule has 1 N–H and O–H groups in total. The molecule has 0 unspecified atom stereocenters. The number of aromatic nitrogens is 4. The van der Waals surface area contributed by atoms with Crippen LogP contribution in [0.15, 0.2) is 16.9 Å². The van der Waals surface area contributed by atoms with Crippen LogP contribution >= 0.6 is 15.9 Å². The van der Waals surface area contributed by atoms with Gasteiger partial charge in [0.05, 0.1) is 22.9 Å². The van der Waals surface area contributed by atoms with E-state index in [1.165, 1.54) is 0 Å². The van der Waals surface area contributed by atoms with Crippen molar-refractivity contribution in [1.82, 2.24) is 24.9 Å². The highest BCUT2D eigenvalue weighted by atomic mass is 79.9. The molecule has 0 bridgehead atoms. The molecule has 0 aromatic carbocycles. The number of amides is 1. The van der Waals surface area contributed by atoms with Gasteiger partial charge in [0.1, 0.15) is 0 Å².